The van der Waals surface area contributed by atoms with Crippen LogP contribution in [-0.2, 0) is 4.74 Å². The molecule has 72 valence electrons. The first-order valence-electron chi connectivity index (χ1n) is 3.47. The second kappa shape index (κ2) is 4.72. The summed E-state index contributed by atoms with van der Waals surface area (Å²) in [4.78, 5) is 8.08. The summed E-state index contributed by atoms with van der Waals surface area (Å²) >= 11 is 13.6. The van der Waals surface area contributed by atoms with Crippen molar-refractivity contribution < 1.29 is 4.74 Å². The molecule has 0 amide bonds. The second-order valence-electron chi connectivity index (χ2n) is 2.36. The van der Waals surface area contributed by atoms with E-state index < -0.39 is 0 Å². The highest BCUT2D eigenvalue weighted by molar-refractivity contribution is 14.1. The Hall–Kier alpha value is 0.350. The van der Waals surface area contributed by atoms with Gasteiger partial charge in [-0.15, -0.1) is 0 Å². The maximum absolute atomic E-state index is 5.82. The van der Waals surface area contributed by atoms with Crippen molar-refractivity contribution in [3.63, 3.8) is 0 Å². The average Bonchev–Trinajstić information content (AvgIpc) is 2.12. The monoisotopic (exact) mass is 332 g/mol. The molecule has 0 saturated heterocycles. The average molecular weight is 333 g/mol. The molecule has 0 N–H and O–H groups in total. The van der Waals surface area contributed by atoms with Crippen LogP contribution in [0.2, 0.25) is 10.3 Å². The topological polar surface area (TPSA) is 35.0 Å². The normalized spacial score (nSPS) is 13.0. The van der Waals surface area contributed by atoms with Gasteiger partial charge in [-0.25, -0.2) is 9.97 Å². The van der Waals surface area contributed by atoms with Crippen molar-refractivity contribution in [3.05, 3.63) is 19.7 Å². The molecule has 1 rings (SSSR count). The molecule has 0 fully saturated rings. The molecular formula is C7H7Cl2IN2O. The first-order chi connectivity index (χ1) is 6.06. The summed E-state index contributed by atoms with van der Waals surface area (Å²) in [5.41, 5.74) is 0. The van der Waals surface area contributed by atoms with Gasteiger partial charge in [0.05, 0.1) is 3.57 Å². The van der Waals surface area contributed by atoms with E-state index in [4.69, 9.17) is 27.9 Å². The van der Waals surface area contributed by atoms with Crippen LogP contribution in [0.5, 0.6) is 0 Å². The van der Waals surface area contributed by atoms with Gasteiger partial charge in [0.1, 0.15) is 16.4 Å². The van der Waals surface area contributed by atoms with Crippen LogP contribution in [0.1, 0.15) is 18.9 Å². The Bertz CT molecular complexity index is 298. The van der Waals surface area contributed by atoms with Gasteiger partial charge in [-0.2, -0.15) is 0 Å². The summed E-state index contributed by atoms with van der Waals surface area (Å²) in [6.07, 6.45) is -0.202. The van der Waals surface area contributed by atoms with Gasteiger partial charge in [0, 0.05) is 7.11 Å². The molecule has 0 aliphatic heterocycles. The summed E-state index contributed by atoms with van der Waals surface area (Å²) in [5, 5.41) is 0.721. The third-order valence-corrected chi connectivity index (χ3v) is 3.71. The van der Waals surface area contributed by atoms with Gasteiger partial charge in [-0.3, -0.25) is 0 Å². The minimum Gasteiger partial charge on any atom is -0.374 e. The number of ether oxygens (including phenoxy) is 1. The van der Waals surface area contributed by atoms with Gasteiger partial charge in [-0.1, -0.05) is 23.2 Å². The molecule has 0 saturated carbocycles. The van der Waals surface area contributed by atoms with Crippen LogP contribution >= 0.6 is 45.8 Å². The molecule has 0 spiro atoms. The van der Waals surface area contributed by atoms with E-state index in [1.165, 1.54) is 0 Å². The molecule has 0 aliphatic rings. The zero-order valence-electron chi connectivity index (χ0n) is 7.01. The highest BCUT2D eigenvalue weighted by Crippen LogP contribution is 2.25. The Kier molecular flexibility index (Phi) is 4.15. The highest BCUT2D eigenvalue weighted by atomic mass is 127. The summed E-state index contributed by atoms with van der Waals surface area (Å²) < 4.78 is 5.70. The molecule has 1 heterocycles. The summed E-state index contributed by atoms with van der Waals surface area (Å²) in [7, 11) is 1.58. The second-order valence-corrected chi connectivity index (χ2v) is 4.15. The zero-order valence-corrected chi connectivity index (χ0v) is 10.7. The van der Waals surface area contributed by atoms with E-state index >= 15 is 0 Å². The number of rotatable bonds is 2. The fraction of sp³-hybridized carbons (Fsp3) is 0.429. The minimum absolute atomic E-state index is 0.202. The van der Waals surface area contributed by atoms with Gasteiger partial charge in [0.15, 0.2) is 5.82 Å². The lowest BCUT2D eigenvalue weighted by Crippen LogP contribution is -2.04. The quantitative estimate of drug-likeness (QED) is 0.616. The Morgan fingerprint density at radius 2 is 1.77 bits per heavy atom. The predicted octanol–water partition coefficient (Wildman–Crippen LogP) is 3.10. The maximum Gasteiger partial charge on any atom is 0.160 e. The predicted molar refractivity (Wildman–Crippen MR) is 60.2 cm³/mol. The fourth-order valence-electron chi connectivity index (χ4n) is 0.697. The van der Waals surface area contributed by atoms with Crippen LogP contribution in [0.25, 0.3) is 0 Å². The number of hydrogen-bond donors (Lipinski definition) is 0. The Labute approximate surface area is 99.9 Å². The summed E-state index contributed by atoms with van der Waals surface area (Å²) in [6, 6.07) is 0. The number of halogens is 3. The lowest BCUT2D eigenvalue weighted by molar-refractivity contribution is 0.112. The van der Waals surface area contributed by atoms with Crippen molar-refractivity contribution in [1.82, 2.24) is 9.97 Å². The van der Waals surface area contributed by atoms with Crippen LogP contribution in [0, 0.1) is 3.57 Å². The molecule has 1 aromatic heterocycles. The molecule has 13 heavy (non-hydrogen) atoms. The lowest BCUT2D eigenvalue weighted by Gasteiger charge is -2.08. The number of nitrogens with zero attached hydrogens (tertiary/aromatic N) is 2. The third-order valence-electron chi connectivity index (χ3n) is 1.50. The summed E-state index contributed by atoms with van der Waals surface area (Å²) in [6.45, 7) is 1.83. The first-order valence-corrected chi connectivity index (χ1v) is 5.31. The third kappa shape index (κ3) is 2.65. The molecule has 1 aromatic rings. The lowest BCUT2D eigenvalue weighted by atomic mass is 10.4. The largest absolute Gasteiger partial charge is 0.374 e. The van der Waals surface area contributed by atoms with E-state index in [1.54, 1.807) is 7.11 Å². The van der Waals surface area contributed by atoms with Crippen LogP contribution < -0.4 is 0 Å². The Balaban J connectivity index is 3.13. The van der Waals surface area contributed by atoms with E-state index in [2.05, 4.69) is 9.97 Å². The molecule has 0 bridgehead atoms. The van der Waals surface area contributed by atoms with E-state index in [-0.39, 0.29) is 6.10 Å². The van der Waals surface area contributed by atoms with Crippen molar-refractivity contribution in [2.24, 2.45) is 0 Å². The van der Waals surface area contributed by atoms with Crippen LogP contribution in [0.3, 0.4) is 0 Å². The standard InChI is InChI=1S/C7H7Cl2IN2O/c1-3(13-2)7-11-5(8)4(10)6(9)12-7/h3H,1-2H3. The summed E-state index contributed by atoms with van der Waals surface area (Å²) in [5.74, 6) is 0.498. The van der Waals surface area contributed by atoms with Crippen LogP contribution in [0.4, 0.5) is 0 Å². The van der Waals surface area contributed by atoms with Gasteiger partial charge >= 0.3 is 0 Å². The molecule has 6 heteroatoms. The van der Waals surface area contributed by atoms with Crippen molar-refractivity contribution in [2.45, 2.75) is 13.0 Å². The Morgan fingerprint density at radius 3 is 2.15 bits per heavy atom. The van der Waals surface area contributed by atoms with Crippen molar-refractivity contribution in [1.29, 1.82) is 0 Å². The molecule has 3 nitrogen and oxygen atoms in total. The molecule has 0 aromatic carbocycles. The van der Waals surface area contributed by atoms with E-state index in [0.717, 1.165) is 0 Å². The Morgan fingerprint density at radius 1 is 1.31 bits per heavy atom. The number of hydrogen-bond acceptors (Lipinski definition) is 3. The molecule has 1 unspecified atom stereocenters. The maximum atomic E-state index is 5.82. The number of methoxy groups -OCH3 is 1. The smallest absolute Gasteiger partial charge is 0.160 e. The van der Waals surface area contributed by atoms with Crippen molar-refractivity contribution in [2.75, 3.05) is 7.11 Å². The molecular weight excluding hydrogens is 326 g/mol. The van der Waals surface area contributed by atoms with E-state index in [0.29, 0.717) is 19.7 Å². The first kappa shape index (κ1) is 11.4. The van der Waals surface area contributed by atoms with Gasteiger partial charge in [-0.05, 0) is 29.5 Å². The SMILES string of the molecule is COC(C)c1nc(Cl)c(I)c(Cl)n1. The molecule has 0 aliphatic carbocycles. The highest BCUT2D eigenvalue weighted by Gasteiger charge is 2.13. The van der Waals surface area contributed by atoms with Crippen molar-refractivity contribution >= 4 is 45.8 Å². The van der Waals surface area contributed by atoms with Crippen molar-refractivity contribution in [3.8, 4) is 0 Å². The van der Waals surface area contributed by atoms with Gasteiger partial charge in [0.2, 0.25) is 0 Å². The minimum atomic E-state index is -0.202. The number of aromatic nitrogens is 2. The zero-order chi connectivity index (χ0) is 10.0. The van der Waals surface area contributed by atoms with E-state index in [1.807, 2.05) is 29.5 Å². The van der Waals surface area contributed by atoms with Crippen LogP contribution in [-0.4, -0.2) is 17.1 Å². The van der Waals surface area contributed by atoms with Gasteiger partial charge in [0.25, 0.3) is 0 Å². The van der Waals surface area contributed by atoms with E-state index in [9.17, 15) is 0 Å². The van der Waals surface area contributed by atoms with Gasteiger partial charge < -0.3 is 4.74 Å². The molecule has 1 atom stereocenters. The fourth-order valence-corrected chi connectivity index (χ4v) is 1.34. The molecule has 0 radical (unpaired) electrons. The van der Waals surface area contributed by atoms with Crippen LogP contribution in [0.15, 0.2) is 0 Å².